The highest BCUT2D eigenvalue weighted by Gasteiger charge is 2.32. The maximum absolute atomic E-state index is 10.8. The first-order valence-corrected chi connectivity index (χ1v) is 7.77. The number of hydrogen-bond acceptors (Lipinski definition) is 5. The van der Waals surface area contributed by atoms with E-state index in [2.05, 4.69) is 4.90 Å². The molecule has 2 aliphatic heterocycles. The van der Waals surface area contributed by atoms with Crippen LogP contribution in [-0.4, -0.2) is 73.6 Å². The van der Waals surface area contributed by atoms with Crippen LogP contribution in [0, 0.1) is 0 Å². The summed E-state index contributed by atoms with van der Waals surface area (Å²) < 4.78 is 16.6. The van der Waals surface area contributed by atoms with Crippen molar-refractivity contribution >= 4 is 6.09 Å². The van der Waals surface area contributed by atoms with Crippen LogP contribution in [0.3, 0.4) is 0 Å². The van der Waals surface area contributed by atoms with Gasteiger partial charge in [-0.15, -0.1) is 0 Å². The SMILES string of the molecule is COc1cc(OC2CN(C(=O)O)C2)ccc1CN1CCOCC1. The van der Waals surface area contributed by atoms with Gasteiger partial charge in [-0.1, -0.05) is 6.07 Å². The van der Waals surface area contributed by atoms with Crippen LogP contribution in [-0.2, 0) is 11.3 Å². The summed E-state index contributed by atoms with van der Waals surface area (Å²) in [5.74, 6) is 1.51. The number of rotatable bonds is 5. The molecule has 0 saturated carbocycles. The van der Waals surface area contributed by atoms with Gasteiger partial charge < -0.3 is 24.2 Å². The molecule has 0 spiro atoms. The smallest absolute Gasteiger partial charge is 0.407 e. The van der Waals surface area contributed by atoms with Crippen LogP contribution in [0.1, 0.15) is 5.56 Å². The van der Waals surface area contributed by atoms with Crippen molar-refractivity contribution in [2.45, 2.75) is 12.6 Å². The molecular weight excluding hydrogens is 300 g/mol. The molecule has 7 nitrogen and oxygen atoms in total. The van der Waals surface area contributed by atoms with Gasteiger partial charge in [0.2, 0.25) is 0 Å². The Bertz CT molecular complexity index is 553. The van der Waals surface area contributed by atoms with Crippen LogP contribution < -0.4 is 9.47 Å². The quantitative estimate of drug-likeness (QED) is 0.880. The van der Waals surface area contributed by atoms with Crippen molar-refractivity contribution in [1.82, 2.24) is 9.80 Å². The first-order valence-electron chi connectivity index (χ1n) is 7.77. The van der Waals surface area contributed by atoms with Crippen molar-refractivity contribution in [1.29, 1.82) is 0 Å². The van der Waals surface area contributed by atoms with Crippen LogP contribution in [0.5, 0.6) is 11.5 Å². The lowest BCUT2D eigenvalue weighted by atomic mass is 10.1. The van der Waals surface area contributed by atoms with Gasteiger partial charge in [-0.25, -0.2) is 4.79 Å². The molecule has 7 heteroatoms. The zero-order valence-corrected chi connectivity index (χ0v) is 13.2. The van der Waals surface area contributed by atoms with Gasteiger partial charge >= 0.3 is 6.09 Å². The van der Waals surface area contributed by atoms with E-state index in [1.165, 1.54) is 4.90 Å². The van der Waals surface area contributed by atoms with Crippen molar-refractivity contribution in [2.75, 3.05) is 46.5 Å². The highest BCUT2D eigenvalue weighted by molar-refractivity contribution is 5.66. The standard InChI is InChI=1S/C16H22N2O5/c1-21-15-8-13(23-14-10-18(11-14)16(19)20)3-2-12(15)9-17-4-6-22-7-5-17/h2-3,8,14H,4-7,9-11H2,1H3,(H,19,20). The van der Waals surface area contributed by atoms with Gasteiger partial charge in [-0.2, -0.15) is 0 Å². The summed E-state index contributed by atoms with van der Waals surface area (Å²) in [7, 11) is 1.65. The molecule has 0 aromatic heterocycles. The molecule has 1 aromatic carbocycles. The Morgan fingerprint density at radius 3 is 2.74 bits per heavy atom. The maximum atomic E-state index is 10.8. The summed E-state index contributed by atoms with van der Waals surface area (Å²) in [6.07, 6.45) is -0.982. The number of amides is 1. The third-order valence-electron chi connectivity index (χ3n) is 4.18. The minimum atomic E-state index is -0.900. The molecule has 0 aliphatic carbocycles. The number of benzene rings is 1. The average molecular weight is 322 g/mol. The lowest BCUT2D eigenvalue weighted by Gasteiger charge is -2.36. The molecule has 0 atom stereocenters. The summed E-state index contributed by atoms with van der Waals surface area (Å²) in [6.45, 7) is 5.03. The Hall–Kier alpha value is -1.99. The zero-order chi connectivity index (χ0) is 16.2. The Kier molecular flexibility index (Phi) is 4.88. The van der Waals surface area contributed by atoms with E-state index in [1.807, 2.05) is 18.2 Å². The van der Waals surface area contributed by atoms with Crippen molar-refractivity contribution in [2.24, 2.45) is 0 Å². The monoisotopic (exact) mass is 322 g/mol. The topological polar surface area (TPSA) is 71.5 Å². The number of hydrogen-bond donors (Lipinski definition) is 1. The fourth-order valence-electron chi connectivity index (χ4n) is 2.79. The molecule has 23 heavy (non-hydrogen) atoms. The molecule has 126 valence electrons. The maximum Gasteiger partial charge on any atom is 0.407 e. The van der Waals surface area contributed by atoms with E-state index in [9.17, 15) is 4.79 Å². The zero-order valence-electron chi connectivity index (χ0n) is 13.2. The fourth-order valence-corrected chi connectivity index (χ4v) is 2.79. The van der Waals surface area contributed by atoms with Gasteiger partial charge in [0.1, 0.15) is 17.6 Å². The summed E-state index contributed by atoms with van der Waals surface area (Å²) in [5.41, 5.74) is 1.11. The highest BCUT2D eigenvalue weighted by Crippen LogP contribution is 2.28. The van der Waals surface area contributed by atoms with Crippen molar-refractivity contribution < 1.29 is 24.1 Å². The first kappa shape index (κ1) is 15.9. The number of nitrogens with zero attached hydrogens (tertiary/aromatic N) is 2. The third kappa shape index (κ3) is 3.86. The predicted molar refractivity (Wildman–Crippen MR) is 83.1 cm³/mol. The molecule has 0 radical (unpaired) electrons. The van der Waals surface area contributed by atoms with Crippen molar-refractivity contribution in [3.05, 3.63) is 23.8 Å². The summed E-state index contributed by atoms with van der Waals surface area (Å²) in [5, 5.41) is 8.83. The fraction of sp³-hybridized carbons (Fsp3) is 0.562. The summed E-state index contributed by atoms with van der Waals surface area (Å²) >= 11 is 0. The van der Waals surface area contributed by atoms with E-state index in [-0.39, 0.29) is 6.10 Å². The number of carboxylic acid groups (broad SMARTS) is 1. The first-order chi connectivity index (χ1) is 11.2. The Labute approximate surface area is 135 Å². The van der Waals surface area contributed by atoms with Crippen molar-refractivity contribution in [3.63, 3.8) is 0 Å². The molecule has 1 aromatic rings. The third-order valence-corrected chi connectivity index (χ3v) is 4.18. The number of carbonyl (C=O) groups is 1. The second kappa shape index (κ2) is 7.06. The molecule has 2 heterocycles. The molecule has 1 amide bonds. The molecule has 2 fully saturated rings. The summed E-state index contributed by atoms with van der Waals surface area (Å²) in [4.78, 5) is 14.4. The lowest BCUT2D eigenvalue weighted by Crippen LogP contribution is -2.55. The Morgan fingerprint density at radius 1 is 1.35 bits per heavy atom. The predicted octanol–water partition coefficient (Wildman–Crippen LogP) is 1.27. The molecule has 0 bridgehead atoms. The number of methoxy groups -OCH3 is 1. The van der Waals surface area contributed by atoms with E-state index in [0.717, 1.165) is 44.2 Å². The van der Waals surface area contributed by atoms with Gasteiger partial charge in [-0.05, 0) is 6.07 Å². The van der Waals surface area contributed by atoms with E-state index < -0.39 is 6.09 Å². The van der Waals surface area contributed by atoms with Gasteiger partial charge in [0.15, 0.2) is 0 Å². The second-order valence-corrected chi connectivity index (χ2v) is 5.79. The molecule has 2 saturated heterocycles. The lowest BCUT2D eigenvalue weighted by molar-refractivity contribution is 0.0250. The van der Waals surface area contributed by atoms with Crippen molar-refractivity contribution in [3.8, 4) is 11.5 Å². The largest absolute Gasteiger partial charge is 0.496 e. The van der Waals surface area contributed by atoms with E-state index in [4.69, 9.17) is 19.3 Å². The van der Waals surface area contributed by atoms with Crippen LogP contribution in [0.15, 0.2) is 18.2 Å². The van der Waals surface area contributed by atoms with Crippen LogP contribution in [0.4, 0.5) is 4.79 Å². The average Bonchev–Trinajstić information content (AvgIpc) is 2.52. The van der Waals surface area contributed by atoms with E-state index in [0.29, 0.717) is 18.8 Å². The van der Waals surface area contributed by atoms with E-state index >= 15 is 0 Å². The molecule has 2 aliphatic rings. The molecule has 0 unspecified atom stereocenters. The van der Waals surface area contributed by atoms with Crippen LogP contribution in [0.25, 0.3) is 0 Å². The summed E-state index contributed by atoms with van der Waals surface area (Å²) in [6, 6.07) is 5.80. The van der Waals surface area contributed by atoms with E-state index in [1.54, 1.807) is 7.11 Å². The Morgan fingerprint density at radius 2 is 2.09 bits per heavy atom. The second-order valence-electron chi connectivity index (χ2n) is 5.79. The minimum Gasteiger partial charge on any atom is -0.496 e. The van der Waals surface area contributed by atoms with Gasteiger partial charge in [0, 0.05) is 31.3 Å². The normalized spacial score (nSPS) is 19.3. The number of ether oxygens (including phenoxy) is 3. The molecule has 1 N–H and O–H groups in total. The van der Waals surface area contributed by atoms with Gasteiger partial charge in [0.25, 0.3) is 0 Å². The van der Waals surface area contributed by atoms with Gasteiger partial charge in [-0.3, -0.25) is 4.90 Å². The van der Waals surface area contributed by atoms with Crippen LogP contribution in [0.2, 0.25) is 0 Å². The molecular formula is C16H22N2O5. The minimum absolute atomic E-state index is 0.0825. The Balaban J connectivity index is 1.59. The number of likely N-dealkylation sites (tertiary alicyclic amines) is 1. The molecule has 3 rings (SSSR count). The van der Waals surface area contributed by atoms with Crippen LogP contribution >= 0.6 is 0 Å². The number of morpholine rings is 1. The highest BCUT2D eigenvalue weighted by atomic mass is 16.5. The van der Waals surface area contributed by atoms with Gasteiger partial charge in [0.05, 0.1) is 33.4 Å².